The number of fused-ring (bicyclic) bond motifs is 2. The molecule has 2 aliphatic heterocycles. The number of likely N-dealkylation sites (tertiary alicyclic amines) is 1. The van der Waals surface area contributed by atoms with E-state index < -0.39 is 0 Å². The number of nitrogens with one attached hydrogen (secondary N) is 1. The van der Waals surface area contributed by atoms with Gasteiger partial charge < -0.3 is 24.8 Å². The lowest BCUT2D eigenvalue weighted by Crippen LogP contribution is -2.55. The highest BCUT2D eigenvalue weighted by Gasteiger charge is 2.48. The maximum Gasteiger partial charge on any atom is 0.249 e. The Morgan fingerprint density at radius 3 is 2.72 bits per heavy atom. The van der Waals surface area contributed by atoms with Gasteiger partial charge in [-0.15, -0.1) is 0 Å². The quantitative estimate of drug-likeness (QED) is 0.335. The van der Waals surface area contributed by atoms with Crippen LogP contribution in [-0.4, -0.2) is 72.9 Å². The molecule has 232 valence electrons. The summed E-state index contributed by atoms with van der Waals surface area (Å²) in [7, 11) is 5.66. The van der Waals surface area contributed by atoms with E-state index >= 15 is 0 Å². The number of ether oxygens (including phenoxy) is 1. The molecule has 0 spiro atoms. The van der Waals surface area contributed by atoms with Crippen molar-refractivity contribution in [1.29, 1.82) is 0 Å². The standard InChI is InChI=1S/C34H48N6O3/c1-6-27-32(42)39(4)28-19-35-33(37-31(28)40(27)25-11-7-8-12-25)36-26-15-14-23(17-30(26)43-5)29(41)13-9-10-22-16-24-20-38(3)21-34(24,2)18-22/h14-15,17,19,22,24-25,27H,6-13,16,18,20-21H2,1-5H3,(H,35,36,37). The molecule has 43 heavy (non-hydrogen) atoms. The van der Waals surface area contributed by atoms with Gasteiger partial charge in [0.1, 0.15) is 17.5 Å². The van der Waals surface area contributed by atoms with E-state index in [4.69, 9.17) is 9.72 Å². The number of Topliss-reactive ketones (excluding diaryl/α,β-unsaturated/α-hetero) is 1. The first-order chi connectivity index (χ1) is 20.7. The van der Waals surface area contributed by atoms with Crippen LogP contribution in [0, 0.1) is 17.3 Å². The summed E-state index contributed by atoms with van der Waals surface area (Å²) >= 11 is 0. The average Bonchev–Trinajstić information content (AvgIpc) is 3.69. The predicted octanol–water partition coefficient (Wildman–Crippen LogP) is 6.06. The summed E-state index contributed by atoms with van der Waals surface area (Å²) in [5, 5.41) is 3.32. The fraction of sp³-hybridized carbons (Fsp3) is 0.647. The SMILES string of the molecule is CCC1C(=O)N(C)c2cnc(Nc3ccc(C(=O)CCCC4CC5CN(C)CC5(C)C4)cc3OC)nc2N1C1CCCC1. The minimum absolute atomic E-state index is 0.0982. The number of aromatic nitrogens is 2. The van der Waals surface area contributed by atoms with Crippen LogP contribution in [0.3, 0.4) is 0 Å². The number of amides is 1. The van der Waals surface area contributed by atoms with Crippen LogP contribution in [-0.2, 0) is 4.79 Å². The van der Waals surface area contributed by atoms with Crippen LogP contribution in [0.2, 0.25) is 0 Å². The number of rotatable bonds is 10. The first kappa shape index (κ1) is 29.9. The van der Waals surface area contributed by atoms with Crippen molar-refractivity contribution in [2.75, 3.05) is 49.4 Å². The third kappa shape index (κ3) is 5.73. The Hall–Kier alpha value is -3.20. The lowest BCUT2D eigenvalue weighted by atomic mass is 9.83. The number of nitrogens with zero attached hydrogens (tertiary/aromatic N) is 5. The maximum absolute atomic E-state index is 13.2. The molecule has 1 amide bonds. The van der Waals surface area contributed by atoms with Gasteiger partial charge in [0.2, 0.25) is 11.9 Å². The predicted molar refractivity (Wildman–Crippen MR) is 171 cm³/mol. The van der Waals surface area contributed by atoms with Crippen LogP contribution in [0.5, 0.6) is 5.75 Å². The molecule has 1 aromatic heterocycles. The van der Waals surface area contributed by atoms with E-state index in [0.29, 0.717) is 40.8 Å². The van der Waals surface area contributed by atoms with Gasteiger partial charge in [0.05, 0.1) is 19.0 Å². The van der Waals surface area contributed by atoms with Crippen molar-refractivity contribution in [3.8, 4) is 5.75 Å². The number of likely N-dealkylation sites (N-methyl/N-ethyl adjacent to an activating group) is 1. The van der Waals surface area contributed by atoms with Gasteiger partial charge in [0, 0.05) is 38.2 Å². The summed E-state index contributed by atoms with van der Waals surface area (Å²) in [6, 6.07) is 5.66. The first-order valence-electron chi connectivity index (χ1n) is 16.3. The zero-order valence-electron chi connectivity index (χ0n) is 26.6. The van der Waals surface area contributed by atoms with Gasteiger partial charge in [0.15, 0.2) is 11.6 Å². The van der Waals surface area contributed by atoms with E-state index in [0.717, 1.165) is 55.4 Å². The van der Waals surface area contributed by atoms with Crippen molar-refractivity contribution in [3.05, 3.63) is 30.0 Å². The Kier molecular flexibility index (Phi) is 8.37. The minimum Gasteiger partial charge on any atom is -0.495 e. The molecular formula is C34H48N6O3. The van der Waals surface area contributed by atoms with Gasteiger partial charge in [0.25, 0.3) is 0 Å². The van der Waals surface area contributed by atoms with E-state index in [9.17, 15) is 9.59 Å². The molecule has 2 aromatic rings. The van der Waals surface area contributed by atoms with Gasteiger partial charge in [-0.1, -0.05) is 26.7 Å². The van der Waals surface area contributed by atoms with E-state index in [1.54, 1.807) is 18.2 Å². The molecule has 2 aliphatic carbocycles. The number of carbonyl (C=O) groups excluding carboxylic acids is 2. The van der Waals surface area contributed by atoms with Crippen molar-refractivity contribution < 1.29 is 14.3 Å². The lowest BCUT2D eigenvalue weighted by molar-refractivity contribution is -0.120. The molecule has 4 unspecified atom stereocenters. The smallest absolute Gasteiger partial charge is 0.249 e. The lowest BCUT2D eigenvalue weighted by Gasteiger charge is -2.43. The van der Waals surface area contributed by atoms with Crippen molar-refractivity contribution in [2.45, 2.75) is 90.1 Å². The summed E-state index contributed by atoms with van der Waals surface area (Å²) in [6.45, 7) is 6.95. The molecule has 3 heterocycles. The summed E-state index contributed by atoms with van der Waals surface area (Å²) < 4.78 is 5.70. The normalized spacial score (nSPS) is 27.5. The maximum atomic E-state index is 13.2. The molecule has 1 aromatic carbocycles. The van der Waals surface area contributed by atoms with Gasteiger partial charge in [-0.25, -0.2) is 4.98 Å². The number of hydrogen-bond acceptors (Lipinski definition) is 8. The van der Waals surface area contributed by atoms with E-state index in [1.165, 1.54) is 38.8 Å². The molecule has 9 heteroatoms. The van der Waals surface area contributed by atoms with Crippen LogP contribution in [0.4, 0.5) is 23.1 Å². The first-order valence-corrected chi connectivity index (χ1v) is 16.3. The number of ketones is 1. The highest BCUT2D eigenvalue weighted by molar-refractivity contribution is 6.04. The highest BCUT2D eigenvalue weighted by Crippen LogP contribution is 2.52. The molecule has 4 atom stereocenters. The van der Waals surface area contributed by atoms with Crippen LogP contribution in [0.15, 0.2) is 24.4 Å². The zero-order valence-corrected chi connectivity index (χ0v) is 26.6. The molecule has 4 aliphatic rings. The molecule has 0 bridgehead atoms. The second-order valence-electron chi connectivity index (χ2n) is 13.8. The van der Waals surface area contributed by atoms with Crippen LogP contribution >= 0.6 is 0 Å². The Morgan fingerprint density at radius 1 is 1.21 bits per heavy atom. The number of hydrogen-bond donors (Lipinski definition) is 1. The third-order valence-corrected chi connectivity index (χ3v) is 10.7. The summed E-state index contributed by atoms with van der Waals surface area (Å²) in [5.74, 6) is 3.63. The van der Waals surface area contributed by atoms with Crippen molar-refractivity contribution in [3.63, 3.8) is 0 Å². The molecular weight excluding hydrogens is 540 g/mol. The zero-order chi connectivity index (χ0) is 30.3. The molecule has 6 rings (SSSR count). The van der Waals surface area contributed by atoms with Crippen LogP contribution < -0.4 is 19.9 Å². The summed E-state index contributed by atoms with van der Waals surface area (Å²) in [6.07, 6.45) is 12.2. The molecule has 1 saturated heterocycles. The number of carbonyl (C=O) groups is 2. The number of benzene rings is 1. The molecule has 3 fully saturated rings. The minimum atomic E-state index is -0.221. The molecule has 0 radical (unpaired) electrons. The summed E-state index contributed by atoms with van der Waals surface area (Å²) in [4.78, 5) is 42.3. The Morgan fingerprint density at radius 2 is 2.00 bits per heavy atom. The Labute approximate surface area is 256 Å². The van der Waals surface area contributed by atoms with Crippen molar-refractivity contribution in [2.24, 2.45) is 17.3 Å². The van der Waals surface area contributed by atoms with E-state index in [1.807, 2.05) is 25.2 Å². The topological polar surface area (TPSA) is 90.9 Å². The van der Waals surface area contributed by atoms with E-state index in [2.05, 4.69) is 41.0 Å². The second kappa shape index (κ2) is 12.1. The molecule has 2 saturated carbocycles. The fourth-order valence-electron chi connectivity index (χ4n) is 8.59. The van der Waals surface area contributed by atoms with Gasteiger partial charge in [-0.05, 0) is 87.4 Å². The largest absolute Gasteiger partial charge is 0.495 e. The molecule has 9 nitrogen and oxygen atoms in total. The van der Waals surface area contributed by atoms with Crippen molar-refractivity contribution in [1.82, 2.24) is 14.9 Å². The van der Waals surface area contributed by atoms with Crippen molar-refractivity contribution >= 4 is 34.8 Å². The average molecular weight is 589 g/mol. The van der Waals surface area contributed by atoms with Crippen LogP contribution in [0.1, 0.15) is 88.4 Å². The fourth-order valence-corrected chi connectivity index (χ4v) is 8.59. The highest BCUT2D eigenvalue weighted by atomic mass is 16.5. The Balaban J connectivity index is 1.13. The van der Waals surface area contributed by atoms with Gasteiger partial charge in [-0.2, -0.15) is 4.98 Å². The monoisotopic (exact) mass is 588 g/mol. The van der Waals surface area contributed by atoms with E-state index in [-0.39, 0.29) is 17.7 Å². The Bertz CT molecular complexity index is 1360. The van der Waals surface area contributed by atoms with Gasteiger partial charge in [-0.3, -0.25) is 9.59 Å². The number of anilines is 4. The second-order valence-corrected chi connectivity index (χ2v) is 13.8. The van der Waals surface area contributed by atoms with Crippen LogP contribution in [0.25, 0.3) is 0 Å². The molecule has 1 N–H and O–H groups in total. The summed E-state index contributed by atoms with van der Waals surface area (Å²) in [5.41, 5.74) is 2.57. The third-order valence-electron chi connectivity index (χ3n) is 10.7. The number of methoxy groups -OCH3 is 1. The van der Waals surface area contributed by atoms with Gasteiger partial charge >= 0.3 is 0 Å².